The van der Waals surface area contributed by atoms with Crippen molar-refractivity contribution in [2.24, 2.45) is 0 Å². The summed E-state index contributed by atoms with van der Waals surface area (Å²) in [5, 5.41) is 9.70. The van der Waals surface area contributed by atoms with Gasteiger partial charge in [0.1, 0.15) is 5.75 Å². The molecule has 0 saturated heterocycles. The number of carbonyl (C=O) groups excluding carboxylic acids is 1. The minimum absolute atomic E-state index is 0.0289. The van der Waals surface area contributed by atoms with Crippen molar-refractivity contribution in [3.05, 3.63) is 64.7 Å². The van der Waals surface area contributed by atoms with Gasteiger partial charge in [0.25, 0.3) is 0 Å². The van der Waals surface area contributed by atoms with Crippen LogP contribution in [-0.2, 0) is 0 Å². The number of hydrogen-bond acceptors (Lipinski definition) is 2. The highest BCUT2D eigenvalue weighted by atomic mass is 16.3. The lowest BCUT2D eigenvalue weighted by Gasteiger charge is -2.05. The van der Waals surface area contributed by atoms with Crippen LogP contribution in [0.2, 0.25) is 0 Å². The van der Waals surface area contributed by atoms with Crippen molar-refractivity contribution in [2.45, 2.75) is 13.8 Å². The maximum absolute atomic E-state index is 12.2. The zero-order valence-corrected chi connectivity index (χ0v) is 9.90. The fourth-order valence-corrected chi connectivity index (χ4v) is 1.69. The van der Waals surface area contributed by atoms with Gasteiger partial charge in [-0.05, 0) is 26.0 Å². The van der Waals surface area contributed by atoms with Gasteiger partial charge in [0.05, 0.1) is 5.56 Å². The molecule has 2 nitrogen and oxygen atoms in total. The molecule has 0 fully saturated rings. The number of phenols is 1. The van der Waals surface area contributed by atoms with Crippen LogP contribution in [0.25, 0.3) is 0 Å². The SMILES string of the molecule is Cc1ccc(C(=O)c2cc(C)ccc2O)cc1. The fourth-order valence-electron chi connectivity index (χ4n) is 1.69. The van der Waals surface area contributed by atoms with Crippen LogP contribution in [0.5, 0.6) is 5.75 Å². The van der Waals surface area contributed by atoms with E-state index in [4.69, 9.17) is 0 Å². The Bertz CT molecular complexity index is 554. The van der Waals surface area contributed by atoms with E-state index in [2.05, 4.69) is 0 Å². The van der Waals surface area contributed by atoms with Gasteiger partial charge in [-0.15, -0.1) is 0 Å². The predicted octanol–water partition coefficient (Wildman–Crippen LogP) is 3.24. The number of phenolic OH excluding ortho intramolecular Hbond substituents is 1. The molecule has 0 spiro atoms. The molecule has 2 aromatic rings. The van der Waals surface area contributed by atoms with Crippen LogP contribution in [0.3, 0.4) is 0 Å². The molecule has 0 aliphatic carbocycles. The smallest absolute Gasteiger partial charge is 0.196 e. The number of benzene rings is 2. The number of ketones is 1. The van der Waals surface area contributed by atoms with Crippen molar-refractivity contribution >= 4 is 5.78 Å². The lowest BCUT2D eigenvalue weighted by atomic mass is 10.00. The highest BCUT2D eigenvalue weighted by Gasteiger charge is 2.13. The molecule has 0 radical (unpaired) electrons. The average molecular weight is 226 g/mol. The van der Waals surface area contributed by atoms with Crippen LogP contribution >= 0.6 is 0 Å². The number of aryl methyl sites for hydroxylation is 2. The van der Waals surface area contributed by atoms with Crippen LogP contribution in [0.4, 0.5) is 0 Å². The summed E-state index contributed by atoms with van der Waals surface area (Å²) in [6.45, 7) is 3.86. The Morgan fingerprint density at radius 1 is 0.941 bits per heavy atom. The van der Waals surface area contributed by atoms with Crippen LogP contribution in [0, 0.1) is 13.8 Å². The molecule has 0 heterocycles. The molecule has 0 aliphatic rings. The largest absolute Gasteiger partial charge is 0.507 e. The second-order valence-electron chi connectivity index (χ2n) is 4.22. The summed E-state index contributed by atoms with van der Waals surface area (Å²) >= 11 is 0. The molecular formula is C15H14O2. The van der Waals surface area contributed by atoms with Gasteiger partial charge in [-0.2, -0.15) is 0 Å². The summed E-state index contributed by atoms with van der Waals surface area (Å²) in [6.07, 6.45) is 0. The summed E-state index contributed by atoms with van der Waals surface area (Å²) in [5.74, 6) is -0.118. The molecule has 0 saturated carbocycles. The Morgan fingerprint density at radius 2 is 1.53 bits per heavy atom. The molecule has 0 atom stereocenters. The zero-order valence-electron chi connectivity index (χ0n) is 9.90. The summed E-state index contributed by atoms with van der Waals surface area (Å²) < 4.78 is 0. The van der Waals surface area contributed by atoms with Crippen molar-refractivity contribution in [2.75, 3.05) is 0 Å². The quantitative estimate of drug-likeness (QED) is 0.798. The first-order chi connectivity index (χ1) is 8.08. The fraction of sp³-hybridized carbons (Fsp3) is 0.133. The second-order valence-corrected chi connectivity index (χ2v) is 4.22. The van der Waals surface area contributed by atoms with Crippen molar-refractivity contribution in [1.29, 1.82) is 0 Å². The van der Waals surface area contributed by atoms with E-state index in [9.17, 15) is 9.90 Å². The number of hydrogen-bond donors (Lipinski definition) is 1. The molecule has 2 heteroatoms. The molecule has 1 N–H and O–H groups in total. The third kappa shape index (κ3) is 2.36. The summed E-state index contributed by atoms with van der Waals surface area (Å²) in [6, 6.07) is 12.4. The Labute approximate surface area is 101 Å². The first-order valence-electron chi connectivity index (χ1n) is 5.49. The summed E-state index contributed by atoms with van der Waals surface area (Å²) in [5.41, 5.74) is 3.01. The monoisotopic (exact) mass is 226 g/mol. The van der Waals surface area contributed by atoms with E-state index < -0.39 is 0 Å². The van der Waals surface area contributed by atoms with Gasteiger partial charge in [0.15, 0.2) is 5.78 Å². The molecule has 0 bridgehead atoms. The first kappa shape index (κ1) is 11.4. The number of carbonyl (C=O) groups is 1. The molecule has 0 amide bonds. The van der Waals surface area contributed by atoms with Gasteiger partial charge in [0.2, 0.25) is 0 Å². The topological polar surface area (TPSA) is 37.3 Å². The minimum atomic E-state index is -0.147. The summed E-state index contributed by atoms with van der Waals surface area (Å²) in [7, 11) is 0. The Hall–Kier alpha value is -2.09. The number of aromatic hydroxyl groups is 1. The van der Waals surface area contributed by atoms with Gasteiger partial charge >= 0.3 is 0 Å². The lowest BCUT2D eigenvalue weighted by molar-refractivity contribution is 0.103. The molecule has 0 unspecified atom stereocenters. The minimum Gasteiger partial charge on any atom is -0.507 e. The maximum atomic E-state index is 12.2. The first-order valence-corrected chi connectivity index (χ1v) is 5.49. The standard InChI is InChI=1S/C15H14O2/c1-10-3-6-12(7-4-10)15(17)13-9-11(2)5-8-14(13)16/h3-9,16H,1-2H3. The van der Waals surface area contributed by atoms with E-state index in [1.54, 1.807) is 30.3 Å². The second kappa shape index (κ2) is 4.42. The molecule has 0 aromatic heterocycles. The molecule has 17 heavy (non-hydrogen) atoms. The average Bonchev–Trinajstić information content (AvgIpc) is 2.32. The number of rotatable bonds is 2. The van der Waals surface area contributed by atoms with Gasteiger partial charge in [0, 0.05) is 5.56 Å². The third-order valence-corrected chi connectivity index (χ3v) is 2.71. The van der Waals surface area contributed by atoms with E-state index in [1.807, 2.05) is 26.0 Å². The van der Waals surface area contributed by atoms with Crippen molar-refractivity contribution < 1.29 is 9.90 Å². The van der Waals surface area contributed by atoms with E-state index >= 15 is 0 Å². The van der Waals surface area contributed by atoms with Crippen LogP contribution < -0.4 is 0 Å². The van der Waals surface area contributed by atoms with Crippen molar-refractivity contribution in [3.63, 3.8) is 0 Å². The van der Waals surface area contributed by atoms with Crippen molar-refractivity contribution in [3.8, 4) is 5.75 Å². The van der Waals surface area contributed by atoms with E-state index in [-0.39, 0.29) is 11.5 Å². The van der Waals surface area contributed by atoms with Crippen LogP contribution in [0.15, 0.2) is 42.5 Å². The summed E-state index contributed by atoms with van der Waals surface area (Å²) in [4.78, 5) is 12.2. The van der Waals surface area contributed by atoms with Crippen molar-refractivity contribution in [1.82, 2.24) is 0 Å². The highest BCUT2D eigenvalue weighted by molar-refractivity contribution is 6.10. The van der Waals surface area contributed by atoms with Gasteiger partial charge < -0.3 is 5.11 Å². The normalized spacial score (nSPS) is 10.2. The highest BCUT2D eigenvalue weighted by Crippen LogP contribution is 2.21. The Morgan fingerprint density at radius 3 is 2.18 bits per heavy atom. The molecule has 0 aliphatic heterocycles. The van der Waals surface area contributed by atoms with Crippen LogP contribution in [-0.4, -0.2) is 10.9 Å². The maximum Gasteiger partial charge on any atom is 0.196 e. The van der Waals surface area contributed by atoms with E-state index in [0.29, 0.717) is 11.1 Å². The van der Waals surface area contributed by atoms with Gasteiger partial charge in [-0.3, -0.25) is 4.79 Å². The van der Waals surface area contributed by atoms with Gasteiger partial charge in [-0.1, -0.05) is 41.5 Å². The zero-order chi connectivity index (χ0) is 12.4. The van der Waals surface area contributed by atoms with Gasteiger partial charge in [-0.25, -0.2) is 0 Å². The Balaban J connectivity index is 2.43. The van der Waals surface area contributed by atoms with E-state index in [0.717, 1.165) is 11.1 Å². The molecule has 2 rings (SSSR count). The lowest BCUT2D eigenvalue weighted by Crippen LogP contribution is -2.02. The molecule has 2 aromatic carbocycles. The third-order valence-electron chi connectivity index (χ3n) is 2.71. The van der Waals surface area contributed by atoms with E-state index in [1.165, 1.54) is 0 Å². The Kier molecular flexibility index (Phi) is 2.96. The predicted molar refractivity (Wildman–Crippen MR) is 67.5 cm³/mol. The molecular weight excluding hydrogens is 212 g/mol. The van der Waals surface area contributed by atoms with Crippen LogP contribution in [0.1, 0.15) is 27.0 Å². The molecule has 86 valence electrons.